The van der Waals surface area contributed by atoms with Crippen LogP contribution in [0.2, 0.25) is 0 Å². The van der Waals surface area contributed by atoms with Crippen molar-refractivity contribution < 1.29 is 31.8 Å². The average Bonchev–Trinajstić information content (AvgIpc) is 2.86. The zero-order chi connectivity index (χ0) is 25.3. The molecule has 8 nitrogen and oxygen atoms in total. The van der Waals surface area contributed by atoms with Gasteiger partial charge in [0.2, 0.25) is 10.0 Å². The van der Waals surface area contributed by atoms with Gasteiger partial charge in [0.05, 0.1) is 11.5 Å². The van der Waals surface area contributed by atoms with Gasteiger partial charge in [-0.15, -0.1) is 0 Å². The van der Waals surface area contributed by atoms with Gasteiger partial charge < -0.3 is 15.2 Å². The number of benzene rings is 2. The summed E-state index contributed by atoms with van der Waals surface area (Å²) in [6.45, 7) is 0.988. The van der Waals surface area contributed by atoms with Crippen LogP contribution in [0.4, 0.5) is 14.6 Å². The van der Waals surface area contributed by atoms with E-state index < -0.39 is 28.0 Å². The molecule has 1 unspecified atom stereocenters. The number of rotatable bonds is 13. The molecule has 0 saturated heterocycles. The molecule has 0 fully saturated rings. The van der Waals surface area contributed by atoms with E-state index in [1.165, 1.54) is 42.5 Å². The highest BCUT2D eigenvalue weighted by Crippen LogP contribution is 2.33. The number of hydrogen-bond donors (Lipinski definition) is 3. The molecule has 0 radical (unpaired) electrons. The second kappa shape index (κ2) is 11.7. The molecule has 11 heteroatoms. The lowest BCUT2D eigenvalue weighted by atomic mass is 10.0. The Hall–Kier alpha value is -3.57. The van der Waals surface area contributed by atoms with Gasteiger partial charge in [-0.2, -0.15) is 13.5 Å². The Labute approximate surface area is 202 Å². The van der Waals surface area contributed by atoms with Gasteiger partial charge in [0, 0.05) is 18.8 Å². The predicted octanol–water partition coefficient (Wildman–Crippen LogP) is 4.09. The van der Waals surface area contributed by atoms with Crippen LogP contribution < -0.4 is 14.8 Å². The molecule has 3 aromatic rings. The van der Waals surface area contributed by atoms with Crippen molar-refractivity contribution in [2.24, 2.45) is 0 Å². The van der Waals surface area contributed by atoms with Crippen molar-refractivity contribution in [3.8, 4) is 5.75 Å². The Morgan fingerprint density at radius 3 is 2.46 bits per heavy atom. The normalized spacial score (nSPS) is 12.6. The third-order valence-electron chi connectivity index (χ3n) is 4.98. The predicted molar refractivity (Wildman–Crippen MR) is 126 cm³/mol. The van der Waals surface area contributed by atoms with E-state index in [0.29, 0.717) is 19.6 Å². The maximum atomic E-state index is 14.4. The lowest BCUT2D eigenvalue weighted by molar-refractivity contribution is -0.168. The maximum Gasteiger partial charge on any atom is 0.376 e. The molecule has 1 atom stereocenters. The Morgan fingerprint density at radius 1 is 1.03 bits per heavy atom. The van der Waals surface area contributed by atoms with Crippen molar-refractivity contribution in [3.63, 3.8) is 0 Å². The number of aromatic nitrogens is 1. The summed E-state index contributed by atoms with van der Waals surface area (Å²) < 4.78 is 62.1. The molecule has 35 heavy (non-hydrogen) atoms. The number of hydrogen-bond acceptors (Lipinski definition) is 6. The summed E-state index contributed by atoms with van der Waals surface area (Å²) >= 11 is 0. The number of anilines is 1. The number of carbonyl (C=O) groups is 1. The summed E-state index contributed by atoms with van der Waals surface area (Å²) in [6.07, 6.45) is 3.14. The Morgan fingerprint density at radius 2 is 1.77 bits per heavy atom. The van der Waals surface area contributed by atoms with Gasteiger partial charge in [-0.3, -0.25) is 0 Å². The number of unbranched alkanes of at least 4 members (excludes halogenated alkanes) is 1. The molecule has 3 N–H and O–H groups in total. The molecule has 0 aliphatic carbocycles. The summed E-state index contributed by atoms with van der Waals surface area (Å²) in [4.78, 5) is 15.0. The van der Waals surface area contributed by atoms with Crippen LogP contribution in [0.3, 0.4) is 0 Å². The minimum Gasteiger partial charge on any atom is -0.494 e. The van der Waals surface area contributed by atoms with Crippen LogP contribution in [0.15, 0.2) is 83.9 Å². The van der Waals surface area contributed by atoms with Gasteiger partial charge in [-0.25, -0.2) is 18.2 Å². The Balaban J connectivity index is 1.62. The van der Waals surface area contributed by atoms with E-state index in [-0.39, 0.29) is 16.2 Å². The first kappa shape index (κ1) is 26.0. The molecule has 0 amide bonds. The number of nitrogens with zero attached hydrogens (tertiary/aromatic N) is 1. The van der Waals surface area contributed by atoms with Crippen LogP contribution in [0.5, 0.6) is 5.75 Å². The SMILES string of the molecule is O=C(O)C(F)(F)C(NS(=O)(=O)c1cccc(OCCCCNc2ccccn2)c1)c1ccccc1. The fourth-order valence-corrected chi connectivity index (χ4v) is 4.44. The molecule has 0 aliphatic rings. The van der Waals surface area contributed by atoms with Crippen molar-refractivity contribution in [1.29, 1.82) is 0 Å². The number of sulfonamides is 1. The smallest absolute Gasteiger partial charge is 0.376 e. The number of nitrogens with one attached hydrogen (secondary N) is 2. The molecule has 0 bridgehead atoms. The zero-order valence-corrected chi connectivity index (χ0v) is 19.4. The summed E-state index contributed by atoms with van der Waals surface area (Å²) in [7, 11) is -4.51. The number of alkyl halides is 2. The number of pyridine rings is 1. The number of aliphatic carboxylic acids is 1. The minimum absolute atomic E-state index is 0.185. The third kappa shape index (κ3) is 7.20. The van der Waals surface area contributed by atoms with Gasteiger partial charge in [-0.1, -0.05) is 42.5 Å². The summed E-state index contributed by atoms with van der Waals surface area (Å²) in [6, 6.07) is 15.5. The minimum atomic E-state index is -4.51. The van der Waals surface area contributed by atoms with Crippen molar-refractivity contribution in [3.05, 3.63) is 84.6 Å². The second-order valence-corrected chi connectivity index (χ2v) is 9.28. The first-order valence-corrected chi connectivity index (χ1v) is 12.2. The van der Waals surface area contributed by atoms with Gasteiger partial charge >= 0.3 is 11.9 Å². The quantitative estimate of drug-likeness (QED) is 0.300. The summed E-state index contributed by atoms with van der Waals surface area (Å²) in [5.74, 6) is -5.82. The lowest BCUT2D eigenvalue weighted by Crippen LogP contribution is -2.45. The van der Waals surface area contributed by atoms with Crippen LogP contribution in [0, 0.1) is 0 Å². The summed E-state index contributed by atoms with van der Waals surface area (Å²) in [5, 5.41) is 12.2. The monoisotopic (exact) mass is 505 g/mol. The van der Waals surface area contributed by atoms with Crippen molar-refractivity contribution in [2.75, 3.05) is 18.5 Å². The highest BCUT2D eigenvalue weighted by atomic mass is 32.2. The lowest BCUT2D eigenvalue weighted by Gasteiger charge is -2.25. The molecular weight excluding hydrogens is 480 g/mol. The maximum absolute atomic E-state index is 14.4. The number of carboxylic acid groups (broad SMARTS) is 1. The van der Waals surface area contributed by atoms with E-state index in [9.17, 15) is 22.0 Å². The van der Waals surface area contributed by atoms with Crippen LogP contribution in [0.25, 0.3) is 0 Å². The molecule has 1 heterocycles. The van der Waals surface area contributed by atoms with Gasteiger partial charge in [0.25, 0.3) is 0 Å². The molecule has 3 rings (SSSR count). The first-order valence-electron chi connectivity index (χ1n) is 10.8. The van der Waals surface area contributed by atoms with Gasteiger partial charge in [0.15, 0.2) is 0 Å². The summed E-state index contributed by atoms with van der Waals surface area (Å²) in [5.41, 5.74) is -0.185. The van der Waals surface area contributed by atoms with E-state index in [4.69, 9.17) is 9.84 Å². The molecular formula is C24H25F2N3O5S. The van der Waals surface area contributed by atoms with Crippen LogP contribution in [-0.4, -0.2) is 43.6 Å². The molecule has 1 aromatic heterocycles. The molecule has 0 aliphatic heterocycles. The first-order chi connectivity index (χ1) is 16.7. The number of halogens is 2. The highest BCUT2D eigenvalue weighted by molar-refractivity contribution is 7.89. The zero-order valence-electron chi connectivity index (χ0n) is 18.6. The standard InChI is InChI=1S/C24H25F2N3O5S/c25-24(26,23(30)31)22(18-9-2-1-3-10-18)29-35(32,33)20-12-8-11-19(17-20)34-16-7-6-15-28-21-13-4-5-14-27-21/h1-5,8-14,17,22,29H,6-7,15-16H2,(H,27,28)(H,30,31). The molecule has 2 aromatic carbocycles. The molecule has 186 valence electrons. The van der Waals surface area contributed by atoms with Gasteiger partial charge in [0.1, 0.15) is 17.6 Å². The van der Waals surface area contributed by atoms with Gasteiger partial charge in [-0.05, 0) is 42.7 Å². The van der Waals surface area contributed by atoms with Crippen LogP contribution in [-0.2, 0) is 14.8 Å². The van der Waals surface area contributed by atoms with E-state index in [1.807, 2.05) is 22.9 Å². The highest BCUT2D eigenvalue weighted by Gasteiger charge is 2.50. The van der Waals surface area contributed by atoms with E-state index >= 15 is 0 Å². The van der Waals surface area contributed by atoms with Crippen molar-refractivity contribution in [1.82, 2.24) is 9.71 Å². The Kier molecular flexibility index (Phi) is 8.72. The Bertz CT molecular complexity index is 1210. The second-order valence-electron chi connectivity index (χ2n) is 7.57. The van der Waals surface area contributed by atoms with Crippen molar-refractivity contribution >= 4 is 21.8 Å². The number of ether oxygens (including phenoxy) is 1. The fraction of sp³-hybridized carbons (Fsp3) is 0.250. The van der Waals surface area contributed by atoms with E-state index in [0.717, 1.165) is 12.2 Å². The topological polar surface area (TPSA) is 118 Å². The van der Waals surface area contributed by atoms with E-state index in [1.54, 1.807) is 18.3 Å². The van der Waals surface area contributed by atoms with E-state index in [2.05, 4.69) is 10.3 Å². The third-order valence-corrected chi connectivity index (χ3v) is 6.40. The molecule has 0 spiro atoms. The number of carboxylic acids is 1. The van der Waals surface area contributed by atoms with Crippen LogP contribution in [0.1, 0.15) is 24.4 Å². The molecule has 0 saturated carbocycles. The van der Waals surface area contributed by atoms with Crippen LogP contribution >= 0.6 is 0 Å². The largest absolute Gasteiger partial charge is 0.494 e. The fourth-order valence-electron chi connectivity index (χ4n) is 3.18. The average molecular weight is 506 g/mol. The van der Waals surface area contributed by atoms with Crippen molar-refractivity contribution in [2.45, 2.75) is 29.7 Å².